The normalized spacial score (nSPS) is 14.4. The molecule has 3 rings (SSSR count). The average molecular weight is 519 g/mol. The summed E-state index contributed by atoms with van der Waals surface area (Å²) in [5.41, 5.74) is 1.93. The fourth-order valence-electron chi connectivity index (χ4n) is 3.94. The van der Waals surface area contributed by atoms with Gasteiger partial charge in [-0.15, -0.1) is 0 Å². The molecule has 1 saturated heterocycles. The molecular formula is C26H34N2O7S. The van der Waals surface area contributed by atoms with Gasteiger partial charge in [-0.3, -0.25) is 4.79 Å². The van der Waals surface area contributed by atoms with Crippen molar-refractivity contribution >= 4 is 21.9 Å². The molecule has 1 aliphatic rings. The molecule has 0 aromatic heterocycles. The second-order valence-electron chi connectivity index (χ2n) is 8.57. The van der Waals surface area contributed by atoms with Crippen molar-refractivity contribution in [2.45, 2.75) is 39.0 Å². The summed E-state index contributed by atoms with van der Waals surface area (Å²) in [6.45, 7) is 8.80. The van der Waals surface area contributed by atoms with Crippen LogP contribution in [0, 0.1) is 13.8 Å². The number of piperazine rings is 1. The van der Waals surface area contributed by atoms with E-state index in [2.05, 4.69) is 0 Å². The van der Waals surface area contributed by atoms with Gasteiger partial charge in [-0.25, -0.2) is 13.2 Å². The summed E-state index contributed by atoms with van der Waals surface area (Å²) in [7, 11) is -3.65. The van der Waals surface area contributed by atoms with Crippen molar-refractivity contribution < 1.29 is 32.2 Å². The van der Waals surface area contributed by atoms with E-state index < -0.39 is 22.6 Å². The summed E-state index contributed by atoms with van der Waals surface area (Å²) >= 11 is 0. The molecule has 0 spiro atoms. The maximum atomic E-state index is 13.1. The van der Waals surface area contributed by atoms with Gasteiger partial charge in [0.2, 0.25) is 10.0 Å². The molecule has 0 saturated carbocycles. The van der Waals surface area contributed by atoms with E-state index in [1.165, 1.54) is 15.3 Å². The Balaban J connectivity index is 1.55. The lowest BCUT2D eigenvalue weighted by Crippen LogP contribution is -2.51. The molecule has 1 aliphatic heterocycles. The standard InChI is InChI=1S/C26H34N2O7S/c1-5-15-34-22-9-8-21(17-23(22)33-6-2)26(30)35-18-25(29)27-11-13-28(14-12-27)36(31,32)24-10-7-19(3)16-20(24)4/h7-10,16-17H,5-6,11-15,18H2,1-4H3. The van der Waals surface area contributed by atoms with Crippen LogP contribution in [0.25, 0.3) is 0 Å². The van der Waals surface area contributed by atoms with Crippen molar-refractivity contribution in [1.29, 1.82) is 0 Å². The quantitative estimate of drug-likeness (QED) is 0.445. The molecule has 36 heavy (non-hydrogen) atoms. The minimum absolute atomic E-state index is 0.173. The highest BCUT2D eigenvalue weighted by Crippen LogP contribution is 2.29. The number of hydrogen-bond acceptors (Lipinski definition) is 7. The molecule has 1 amide bonds. The zero-order valence-electron chi connectivity index (χ0n) is 21.3. The molecule has 0 unspecified atom stereocenters. The SMILES string of the molecule is CCCOc1ccc(C(=O)OCC(=O)N2CCN(S(=O)(=O)c3ccc(C)cc3C)CC2)cc1OCC. The monoisotopic (exact) mass is 518 g/mol. The molecule has 0 N–H and O–H groups in total. The lowest BCUT2D eigenvalue weighted by Gasteiger charge is -2.34. The van der Waals surface area contributed by atoms with E-state index in [0.717, 1.165) is 12.0 Å². The summed E-state index contributed by atoms with van der Waals surface area (Å²) in [6, 6.07) is 9.99. The number of benzene rings is 2. The Morgan fingerprint density at radius 3 is 2.28 bits per heavy atom. The zero-order valence-corrected chi connectivity index (χ0v) is 22.1. The lowest BCUT2D eigenvalue weighted by atomic mass is 10.2. The topological polar surface area (TPSA) is 102 Å². The van der Waals surface area contributed by atoms with Crippen LogP contribution in [0.1, 0.15) is 41.8 Å². The first kappa shape index (κ1) is 27.5. The van der Waals surface area contributed by atoms with Crippen LogP contribution >= 0.6 is 0 Å². The van der Waals surface area contributed by atoms with Gasteiger partial charge in [0, 0.05) is 26.2 Å². The average Bonchev–Trinajstić information content (AvgIpc) is 2.86. The Morgan fingerprint density at radius 1 is 0.917 bits per heavy atom. The maximum Gasteiger partial charge on any atom is 0.338 e. The molecule has 196 valence electrons. The van der Waals surface area contributed by atoms with Crippen molar-refractivity contribution in [2.75, 3.05) is 46.0 Å². The number of aryl methyl sites for hydroxylation is 2. The second-order valence-corrected chi connectivity index (χ2v) is 10.5. The van der Waals surface area contributed by atoms with Gasteiger partial charge in [-0.2, -0.15) is 4.31 Å². The Kier molecular flexibility index (Phi) is 9.33. The summed E-state index contributed by atoms with van der Waals surface area (Å²) in [5.74, 6) is -0.0462. The van der Waals surface area contributed by atoms with E-state index in [0.29, 0.717) is 30.3 Å². The number of nitrogens with zero attached hydrogens (tertiary/aromatic N) is 2. The van der Waals surface area contributed by atoms with E-state index in [9.17, 15) is 18.0 Å². The Bertz CT molecular complexity index is 1190. The first-order valence-corrected chi connectivity index (χ1v) is 13.5. The van der Waals surface area contributed by atoms with E-state index in [4.69, 9.17) is 14.2 Å². The van der Waals surface area contributed by atoms with Crippen LogP contribution in [-0.2, 0) is 19.6 Å². The number of carbonyl (C=O) groups is 2. The molecular weight excluding hydrogens is 484 g/mol. The van der Waals surface area contributed by atoms with Gasteiger partial charge in [0.15, 0.2) is 18.1 Å². The summed E-state index contributed by atoms with van der Waals surface area (Å²) in [4.78, 5) is 26.9. The molecule has 1 heterocycles. The molecule has 0 aliphatic carbocycles. The van der Waals surface area contributed by atoms with Crippen LogP contribution in [0.5, 0.6) is 11.5 Å². The maximum absolute atomic E-state index is 13.1. The van der Waals surface area contributed by atoms with E-state index >= 15 is 0 Å². The van der Waals surface area contributed by atoms with Gasteiger partial charge >= 0.3 is 5.97 Å². The van der Waals surface area contributed by atoms with Gasteiger partial charge in [0.1, 0.15) is 0 Å². The van der Waals surface area contributed by atoms with Crippen molar-refractivity contribution in [3.8, 4) is 11.5 Å². The number of esters is 1. The number of ether oxygens (including phenoxy) is 3. The molecule has 2 aromatic rings. The Hall–Kier alpha value is -3.11. The molecule has 9 nitrogen and oxygen atoms in total. The predicted molar refractivity (Wildman–Crippen MR) is 135 cm³/mol. The van der Waals surface area contributed by atoms with E-state index in [1.807, 2.05) is 26.8 Å². The Labute approximate surface area is 213 Å². The van der Waals surface area contributed by atoms with Crippen molar-refractivity contribution in [3.05, 3.63) is 53.1 Å². The van der Waals surface area contributed by atoms with Gasteiger partial charge < -0.3 is 19.1 Å². The summed E-state index contributed by atoms with van der Waals surface area (Å²) < 4.78 is 43.9. The fourth-order valence-corrected chi connectivity index (χ4v) is 5.57. The highest BCUT2D eigenvalue weighted by Gasteiger charge is 2.31. The third-order valence-corrected chi connectivity index (χ3v) is 7.87. The molecule has 10 heteroatoms. The largest absolute Gasteiger partial charge is 0.490 e. The first-order chi connectivity index (χ1) is 17.2. The Morgan fingerprint density at radius 2 is 1.64 bits per heavy atom. The van der Waals surface area contributed by atoms with Crippen LogP contribution in [-0.4, -0.2) is 75.5 Å². The first-order valence-electron chi connectivity index (χ1n) is 12.1. The minimum atomic E-state index is -3.65. The molecule has 0 bridgehead atoms. The molecule has 0 radical (unpaired) electrons. The number of hydrogen-bond donors (Lipinski definition) is 0. The van der Waals surface area contributed by atoms with Gasteiger partial charge in [-0.05, 0) is 57.0 Å². The minimum Gasteiger partial charge on any atom is -0.490 e. The third kappa shape index (κ3) is 6.55. The van der Waals surface area contributed by atoms with Gasteiger partial charge in [-0.1, -0.05) is 24.6 Å². The van der Waals surface area contributed by atoms with Crippen molar-refractivity contribution in [3.63, 3.8) is 0 Å². The lowest BCUT2D eigenvalue weighted by molar-refractivity contribution is -0.135. The van der Waals surface area contributed by atoms with E-state index in [-0.39, 0.29) is 42.5 Å². The van der Waals surface area contributed by atoms with Crippen LogP contribution in [0.15, 0.2) is 41.3 Å². The summed E-state index contributed by atoms with van der Waals surface area (Å²) in [6.07, 6.45) is 0.837. The highest BCUT2D eigenvalue weighted by molar-refractivity contribution is 7.89. The highest BCUT2D eigenvalue weighted by atomic mass is 32.2. The van der Waals surface area contributed by atoms with Gasteiger partial charge in [0.25, 0.3) is 5.91 Å². The predicted octanol–water partition coefficient (Wildman–Crippen LogP) is 3.18. The number of sulfonamides is 1. The van der Waals surface area contributed by atoms with Crippen LogP contribution in [0.2, 0.25) is 0 Å². The van der Waals surface area contributed by atoms with Crippen LogP contribution in [0.4, 0.5) is 0 Å². The molecule has 2 aromatic carbocycles. The fraction of sp³-hybridized carbons (Fsp3) is 0.462. The number of amides is 1. The van der Waals surface area contributed by atoms with E-state index in [1.54, 1.807) is 31.2 Å². The van der Waals surface area contributed by atoms with Crippen molar-refractivity contribution in [1.82, 2.24) is 9.21 Å². The third-order valence-electron chi connectivity index (χ3n) is 5.81. The molecule has 1 fully saturated rings. The second kappa shape index (κ2) is 12.2. The zero-order chi connectivity index (χ0) is 26.3. The van der Waals surface area contributed by atoms with Crippen LogP contribution in [0.3, 0.4) is 0 Å². The van der Waals surface area contributed by atoms with Crippen molar-refractivity contribution in [2.24, 2.45) is 0 Å². The number of carbonyl (C=O) groups excluding carboxylic acids is 2. The smallest absolute Gasteiger partial charge is 0.338 e. The summed E-state index contributed by atoms with van der Waals surface area (Å²) in [5, 5.41) is 0. The van der Waals surface area contributed by atoms with Crippen LogP contribution < -0.4 is 9.47 Å². The van der Waals surface area contributed by atoms with Gasteiger partial charge in [0.05, 0.1) is 23.7 Å². The number of rotatable bonds is 10. The molecule has 0 atom stereocenters.